The van der Waals surface area contributed by atoms with Gasteiger partial charge in [0.15, 0.2) is 0 Å². The molecule has 0 saturated heterocycles. The predicted molar refractivity (Wildman–Crippen MR) is 82.6 cm³/mol. The van der Waals surface area contributed by atoms with E-state index in [1.165, 1.54) is 10.5 Å². The molecule has 21 heavy (non-hydrogen) atoms. The van der Waals surface area contributed by atoms with Crippen LogP contribution in [0, 0.1) is 0 Å². The van der Waals surface area contributed by atoms with Crippen LogP contribution >= 0.6 is 0 Å². The van der Waals surface area contributed by atoms with Crippen molar-refractivity contribution in [3.8, 4) is 0 Å². The molecule has 2 rings (SSSR count). The molecule has 0 atom stereocenters. The van der Waals surface area contributed by atoms with E-state index in [-0.39, 0.29) is 6.04 Å². The van der Waals surface area contributed by atoms with Crippen molar-refractivity contribution in [2.24, 2.45) is 0 Å². The molecule has 6 nitrogen and oxygen atoms in total. The lowest BCUT2D eigenvalue weighted by atomic mass is 9.94. The van der Waals surface area contributed by atoms with Crippen LogP contribution in [0.4, 0.5) is 0 Å². The fourth-order valence-electron chi connectivity index (χ4n) is 2.38. The molecule has 1 heterocycles. The van der Waals surface area contributed by atoms with E-state index in [1.54, 1.807) is 17.9 Å². The molecule has 1 aromatic rings. The Morgan fingerprint density at radius 2 is 2.19 bits per heavy atom. The quantitative estimate of drug-likeness (QED) is 0.701. The molecule has 120 valence electrons. The van der Waals surface area contributed by atoms with Crippen molar-refractivity contribution >= 4 is 10.0 Å². The molecule has 1 aliphatic carbocycles. The van der Waals surface area contributed by atoms with E-state index >= 15 is 0 Å². The highest BCUT2D eigenvalue weighted by Crippen LogP contribution is 2.28. The minimum atomic E-state index is -3.38. The normalized spacial score (nSPS) is 16.3. The van der Waals surface area contributed by atoms with Crippen LogP contribution in [-0.4, -0.2) is 48.7 Å². The molecule has 1 aliphatic rings. The summed E-state index contributed by atoms with van der Waals surface area (Å²) in [6, 6.07) is 0.164. The first-order chi connectivity index (χ1) is 10.1. The number of aromatic nitrogens is 2. The van der Waals surface area contributed by atoms with Crippen molar-refractivity contribution in [1.29, 1.82) is 0 Å². The van der Waals surface area contributed by atoms with E-state index in [4.69, 9.17) is 0 Å². The minimum Gasteiger partial charge on any atom is -0.317 e. The number of aryl methyl sites for hydroxylation is 1. The highest BCUT2D eigenvalue weighted by Gasteiger charge is 2.32. The average Bonchev–Trinajstić information content (AvgIpc) is 2.86. The summed E-state index contributed by atoms with van der Waals surface area (Å²) in [7, 11) is -1.71. The van der Waals surface area contributed by atoms with Crippen LogP contribution in [-0.2, 0) is 16.6 Å². The second kappa shape index (κ2) is 7.38. The van der Waals surface area contributed by atoms with Gasteiger partial charge in [0.25, 0.3) is 0 Å². The zero-order valence-electron chi connectivity index (χ0n) is 13.0. The van der Waals surface area contributed by atoms with Crippen molar-refractivity contribution in [1.82, 2.24) is 19.4 Å². The Hall–Kier alpha value is -0.920. The van der Waals surface area contributed by atoms with Gasteiger partial charge < -0.3 is 5.32 Å². The lowest BCUT2D eigenvalue weighted by Gasteiger charge is -2.33. The number of nitrogens with zero attached hydrogens (tertiary/aromatic N) is 3. The summed E-state index contributed by atoms with van der Waals surface area (Å²) in [5.41, 5.74) is 0. The van der Waals surface area contributed by atoms with Gasteiger partial charge in [-0.3, -0.25) is 4.68 Å². The molecule has 7 heteroatoms. The van der Waals surface area contributed by atoms with Gasteiger partial charge in [0.05, 0.1) is 6.20 Å². The summed E-state index contributed by atoms with van der Waals surface area (Å²) in [6.45, 7) is 4.82. The summed E-state index contributed by atoms with van der Waals surface area (Å²) in [4.78, 5) is 0.304. The number of rotatable bonds is 9. The second-order valence-electron chi connectivity index (χ2n) is 5.65. The van der Waals surface area contributed by atoms with E-state index in [1.807, 2.05) is 0 Å². The Labute approximate surface area is 127 Å². The largest absolute Gasteiger partial charge is 0.317 e. The Morgan fingerprint density at radius 3 is 2.81 bits per heavy atom. The summed E-state index contributed by atoms with van der Waals surface area (Å²) in [5.74, 6) is 0. The Kier molecular flexibility index (Phi) is 5.78. The molecule has 0 unspecified atom stereocenters. The van der Waals surface area contributed by atoms with Crippen LogP contribution in [0.2, 0.25) is 0 Å². The monoisotopic (exact) mass is 314 g/mol. The smallest absolute Gasteiger partial charge is 0.246 e. The second-order valence-corrected chi connectivity index (χ2v) is 7.65. The van der Waals surface area contributed by atoms with Crippen LogP contribution in [0.1, 0.15) is 39.0 Å². The maximum Gasteiger partial charge on any atom is 0.246 e. The lowest BCUT2D eigenvalue weighted by Crippen LogP contribution is -2.41. The average molecular weight is 314 g/mol. The first-order valence-corrected chi connectivity index (χ1v) is 9.21. The zero-order valence-corrected chi connectivity index (χ0v) is 13.8. The SMILES string of the molecule is CCCNCCCn1cc(S(=O)(=O)N(C)C2CCC2)cn1. The Morgan fingerprint density at radius 1 is 1.43 bits per heavy atom. The number of nitrogens with one attached hydrogen (secondary N) is 1. The first kappa shape index (κ1) is 16.5. The van der Waals surface area contributed by atoms with Crippen LogP contribution in [0.5, 0.6) is 0 Å². The summed E-state index contributed by atoms with van der Waals surface area (Å²) in [5, 5.41) is 7.49. The summed E-state index contributed by atoms with van der Waals surface area (Å²) < 4.78 is 28.1. The van der Waals surface area contributed by atoms with Crippen molar-refractivity contribution in [3.63, 3.8) is 0 Å². The highest BCUT2D eigenvalue weighted by atomic mass is 32.2. The van der Waals surface area contributed by atoms with Gasteiger partial charge in [-0.05, 0) is 38.8 Å². The Bertz CT molecular complexity index is 537. The number of sulfonamides is 1. The molecule has 0 aliphatic heterocycles. The van der Waals surface area contributed by atoms with Gasteiger partial charge in [-0.2, -0.15) is 9.40 Å². The van der Waals surface area contributed by atoms with Gasteiger partial charge in [-0.15, -0.1) is 0 Å². The van der Waals surface area contributed by atoms with Gasteiger partial charge >= 0.3 is 0 Å². The number of hydrogen-bond donors (Lipinski definition) is 1. The van der Waals surface area contributed by atoms with Crippen molar-refractivity contribution in [2.75, 3.05) is 20.1 Å². The van der Waals surface area contributed by atoms with Gasteiger partial charge in [0.2, 0.25) is 10.0 Å². The molecule has 0 amide bonds. The molecule has 0 radical (unpaired) electrons. The third-order valence-corrected chi connectivity index (χ3v) is 5.91. The molecule has 1 aromatic heterocycles. The van der Waals surface area contributed by atoms with E-state index in [0.29, 0.717) is 4.90 Å². The van der Waals surface area contributed by atoms with Gasteiger partial charge in [0.1, 0.15) is 4.90 Å². The third-order valence-electron chi connectivity index (χ3n) is 4.04. The minimum absolute atomic E-state index is 0.164. The van der Waals surface area contributed by atoms with E-state index < -0.39 is 10.0 Å². The van der Waals surface area contributed by atoms with Crippen molar-refractivity contribution in [2.45, 2.75) is 56.5 Å². The summed E-state index contributed by atoms with van der Waals surface area (Å²) >= 11 is 0. The molecule has 1 N–H and O–H groups in total. The van der Waals surface area contributed by atoms with Crippen molar-refractivity contribution in [3.05, 3.63) is 12.4 Å². The molecule has 1 fully saturated rings. The summed E-state index contributed by atoms with van der Waals surface area (Å²) in [6.07, 6.45) is 8.22. The van der Waals surface area contributed by atoms with E-state index in [2.05, 4.69) is 17.3 Å². The molecular formula is C14H26N4O2S. The van der Waals surface area contributed by atoms with Gasteiger partial charge in [-0.1, -0.05) is 13.3 Å². The molecule has 1 saturated carbocycles. The fraction of sp³-hybridized carbons (Fsp3) is 0.786. The zero-order chi connectivity index (χ0) is 15.3. The molecular weight excluding hydrogens is 288 g/mol. The molecule has 0 spiro atoms. The molecule has 0 bridgehead atoms. The van der Waals surface area contributed by atoms with Gasteiger partial charge in [-0.25, -0.2) is 8.42 Å². The van der Waals surface area contributed by atoms with E-state index in [0.717, 1.165) is 51.7 Å². The number of hydrogen-bond acceptors (Lipinski definition) is 4. The van der Waals surface area contributed by atoms with E-state index in [9.17, 15) is 8.42 Å². The topological polar surface area (TPSA) is 67.2 Å². The maximum atomic E-state index is 12.5. The first-order valence-electron chi connectivity index (χ1n) is 7.77. The fourth-order valence-corrected chi connectivity index (χ4v) is 3.75. The standard InChI is InChI=1S/C14H26N4O2S/c1-3-8-15-9-5-10-18-12-14(11-16-18)21(19,20)17(2)13-6-4-7-13/h11-13,15H,3-10H2,1-2H3. The lowest BCUT2D eigenvalue weighted by molar-refractivity contribution is 0.249. The maximum absolute atomic E-state index is 12.5. The van der Waals surface area contributed by atoms with Crippen LogP contribution in [0.15, 0.2) is 17.3 Å². The highest BCUT2D eigenvalue weighted by molar-refractivity contribution is 7.89. The van der Waals surface area contributed by atoms with Crippen LogP contribution in [0.3, 0.4) is 0 Å². The van der Waals surface area contributed by atoms with Crippen LogP contribution in [0.25, 0.3) is 0 Å². The third kappa shape index (κ3) is 4.05. The van der Waals surface area contributed by atoms with Crippen LogP contribution < -0.4 is 5.32 Å². The van der Waals surface area contributed by atoms with Gasteiger partial charge in [0, 0.05) is 25.8 Å². The Balaban J connectivity index is 1.89. The predicted octanol–water partition coefficient (Wildman–Crippen LogP) is 1.45. The molecule has 0 aromatic carbocycles. The van der Waals surface area contributed by atoms with Crippen molar-refractivity contribution < 1.29 is 8.42 Å².